The maximum absolute atomic E-state index is 13.6. The summed E-state index contributed by atoms with van der Waals surface area (Å²) in [5.41, 5.74) is -0.233. The average Bonchev–Trinajstić information content (AvgIpc) is 2.21. The van der Waals surface area contributed by atoms with Crippen LogP contribution in [0.4, 0.5) is 22.0 Å². The Morgan fingerprint density at radius 1 is 1.21 bits per heavy atom. The Bertz CT molecular complexity index is 349. The first kappa shape index (κ1) is 17.8. The Morgan fingerprint density at radius 2 is 1.63 bits per heavy atom. The van der Waals surface area contributed by atoms with Gasteiger partial charge < -0.3 is 9.84 Å². The van der Waals surface area contributed by atoms with Crippen LogP contribution in [0.2, 0.25) is 0 Å². The number of ether oxygens (including phenoxy) is 1. The van der Waals surface area contributed by atoms with Crippen LogP contribution in [0.15, 0.2) is 12.2 Å². The SMILES string of the molecule is C=C(C)C(=O)OC(C(C)C)C(F)(F)C(O)C(F)(F)F. The van der Waals surface area contributed by atoms with Gasteiger partial charge in [-0.25, -0.2) is 4.79 Å². The predicted molar refractivity (Wildman–Crippen MR) is 56.5 cm³/mol. The van der Waals surface area contributed by atoms with Crippen molar-refractivity contribution in [2.45, 2.75) is 45.1 Å². The standard InChI is InChI=1S/C11H15F5O3/c1-5(2)7(19-8(17)6(3)4)10(12,13)9(18)11(14,15)16/h5,7,9,18H,3H2,1-2,4H3. The number of aliphatic hydroxyl groups is 1. The van der Waals surface area contributed by atoms with E-state index >= 15 is 0 Å². The molecule has 0 heterocycles. The molecule has 0 aromatic heterocycles. The highest BCUT2D eigenvalue weighted by molar-refractivity contribution is 5.87. The number of carbonyl (C=O) groups excluding carboxylic acids is 1. The first-order valence-electron chi connectivity index (χ1n) is 5.30. The van der Waals surface area contributed by atoms with E-state index < -0.39 is 36.2 Å². The van der Waals surface area contributed by atoms with Crippen LogP contribution in [0.5, 0.6) is 0 Å². The molecule has 0 radical (unpaired) electrons. The van der Waals surface area contributed by atoms with Crippen molar-refractivity contribution >= 4 is 5.97 Å². The van der Waals surface area contributed by atoms with Crippen molar-refractivity contribution in [3.8, 4) is 0 Å². The minimum absolute atomic E-state index is 0.233. The molecule has 8 heteroatoms. The molecule has 0 aromatic rings. The van der Waals surface area contributed by atoms with E-state index in [0.717, 1.165) is 20.8 Å². The molecule has 2 atom stereocenters. The highest BCUT2D eigenvalue weighted by atomic mass is 19.4. The molecule has 1 N–H and O–H groups in total. The molecule has 0 aliphatic carbocycles. The minimum atomic E-state index is -5.52. The number of halogens is 5. The number of esters is 1. The summed E-state index contributed by atoms with van der Waals surface area (Å²) in [5.74, 6) is -7.03. The lowest BCUT2D eigenvalue weighted by molar-refractivity contribution is -0.296. The van der Waals surface area contributed by atoms with Gasteiger partial charge in [-0.3, -0.25) is 0 Å². The summed E-state index contributed by atoms with van der Waals surface area (Å²) in [6.45, 7) is 6.60. The minimum Gasteiger partial charge on any atom is -0.452 e. The summed E-state index contributed by atoms with van der Waals surface area (Å²) >= 11 is 0. The number of aliphatic hydroxyl groups excluding tert-OH is 1. The third-order valence-electron chi connectivity index (χ3n) is 2.24. The van der Waals surface area contributed by atoms with Crippen molar-refractivity contribution in [3.63, 3.8) is 0 Å². The average molecular weight is 290 g/mol. The van der Waals surface area contributed by atoms with Crippen LogP contribution in [0, 0.1) is 5.92 Å². The maximum atomic E-state index is 13.6. The molecular formula is C11H15F5O3. The van der Waals surface area contributed by atoms with Crippen molar-refractivity contribution in [1.29, 1.82) is 0 Å². The van der Waals surface area contributed by atoms with Crippen molar-refractivity contribution in [1.82, 2.24) is 0 Å². The lowest BCUT2D eigenvalue weighted by Gasteiger charge is -2.33. The second kappa shape index (κ2) is 5.85. The van der Waals surface area contributed by atoms with Gasteiger partial charge in [-0.05, 0) is 12.8 Å². The summed E-state index contributed by atoms with van der Waals surface area (Å²) < 4.78 is 68.0. The van der Waals surface area contributed by atoms with Crippen LogP contribution in [0.25, 0.3) is 0 Å². The van der Waals surface area contributed by atoms with Crippen LogP contribution >= 0.6 is 0 Å². The Hall–Kier alpha value is -1.18. The lowest BCUT2D eigenvalue weighted by atomic mass is 9.96. The number of hydrogen-bond donors (Lipinski definition) is 1. The van der Waals surface area contributed by atoms with Gasteiger partial charge in [0.05, 0.1) is 0 Å². The fourth-order valence-corrected chi connectivity index (χ4v) is 1.25. The fourth-order valence-electron chi connectivity index (χ4n) is 1.25. The van der Waals surface area contributed by atoms with Crippen molar-refractivity contribution in [2.24, 2.45) is 5.92 Å². The van der Waals surface area contributed by atoms with Crippen LogP contribution < -0.4 is 0 Å². The maximum Gasteiger partial charge on any atom is 0.420 e. The summed E-state index contributed by atoms with van der Waals surface area (Å²) in [5, 5.41) is 8.70. The van der Waals surface area contributed by atoms with E-state index in [4.69, 9.17) is 5.11 Å². The van der Waals surface area contributed by atoms with Crippen LogP contribution in [0.1, 0.15) is 20.8 Å². The number of alkyl halides is 5. The van der Waals surface area contributed by atoms with Crippen molar-refractivity contribution in [2.75, 3.05) is 0 Å². The third-order valence-corrected chi connectivity index (χ3v) is 2.24. The summed E-state index contributed by atoms with van der Waals surface area (Å²) in [4.78, 5) is 11.2. The first-order valence-corrected chi connectivity index (χ1v) is 5.30. The van der Waals surface area contributed by atoms with Gasteiger partial charge in [-0.2, -0.15) is 22.0 Å². The first-order chi connectivity index (χ1) is 8.31. The second-order valence-corrected chi connectivity index (χ2v) is 4.47. The summed E-state index contributed by atoms with van der Waals surface area (Å²) in [7, 11) is 0. The molecule has 112 valence electrons. The molecule has 19 heavy (non-hydrogen) atoms. The second-order valence-electron chi connectivity index (χ2n) is 4.47. The van der Waals surface area contributed by atoms with E-state index in [2.05, 4.69) is 11.3 Å². The van der Waals surface area contributed by atoms with Crippen LogP contribution in [-0.4, -0.2) is 35.4 Å². The molecule has 0 bridgehead atoms. The Labute approximate surface area is 107 Å². The van der Waals surface area contributed by atoms with E-state index in [1.54, 1.807) is 0 Å². The fraction of sp³-hybridized carbons (Fsp3) is 0.727. The van der Waals surface area contributed by atoms with E-state index in [1.165, 1.54) is 0 Å². The normalized spacial score (nSPS) is 16.1. The molecule has 0 aliphatic rings. The summed E-state index contributed by atoms with van der Waals surface area (Å²) in [6.07, 6.45) is -11.8. The van der Waals surface area contributed by atoms with Gasteiger partial charge in [-0.15, -0.1) is 0 Å². The van der Waals surface area contributed by atoms with E-state index in [1.807, 2.05) is 0 Å². The molecule has 0 aliphatic heterocycles. The number of rotatable bonds is 5. The Morgan fingerprint density at radius 3 is 1.89 bits per heavy atom. The summed E-state index contributed by atoms with van der Waals surface area (Å²) in [6, 6.07) is 0. The van der Waals surface area contributed by atoms with E-state index in [9.17, 15) is 26.7 Å². The van der Waals surface area contributed by atoms with Gasteiger partial charge >= 0.3 is 18.1 Å². The smallest absolute Gasteiger partial charge is 0.420 e. The topological polar surface area (TPSA) is 46.5 Å². The molecule has 0 spiro atoms. The number of carbonyl (C=O) groups is 1. The van der Waals surface area contributed by atoms with Gasteiger partial charge in [0.1, 0.15) is 0 Å². The third kappa shape index (κ3) is 4.45. The van der Waals surface area contributed by atoms with E-state index in [-0.39, 0.29) is 5.57 Å². The molecule has 0 saturated heterocycles. The molecule has 0 rings (SSSR count). The lowest BCUT2D eigenvalue weighted by Crippen LogP contribution is -2.55. The number of hydrogen-bond acceptors (Lipinski definition) is 3. The molecular weight excluding hydrogens is 275 g/mol. The Kier molecular flexibility index (Phi) is 5.49. The highest BCUT2D eigenvalue weighted by Crippen LogP contribution is 2.38. The molecule has 0 saturated carbocycles. The van der Waals surface area contributed by atoms with Crippen molar-refractivity contribution in [3.05, 3.63) is 12.2 Å². The van der Waals surface area contributed by atoms with Gasteiger partial charge in [0.2, 0.25) is 6.10 Å². The van der Waals surface area contributed by atoms with E-state index in [0.29, 0.717) is 0 Å². The zero-order chi connectivity index (χ0) is 15.6. The molecule has 0 aromatic carbocycles. The monoisotopic (exact) mass is 290 g/mol. The Balaban J connectivity index is 5.28. The van der Waals surface area contributed by atoms with Crippen LogP contribution in [-0.2, 0) is 9.53 Å². The predicted octanol–water partition coefficient (Wildman–Crippen LogP) is 2.69. The quantitative estimate of drug-likeness (QED) is 0.481. The molecule has 2 unspecified atom stereocenters. The molecule has 3 nitrogen and oxygen atoms in total. The zero-order valence-electron chi connectivity index (χ0n) is 10.6. The largest absolute Gasteiger partial charge is 0.452 e. The van der Waals surface area contributed by atoms with Gasteiger partial charge in [0, 0.05) is 5.57 Å². The molecule has 0 amide bonds. The highest BCUT2D eigenvalue weighted by Gasteiger charge is 2.61. The van der Waals surface area contributed by atoms with Crippen LogP contribution in [0.3, 0.4) is 0 Å². The zero-order valence-corrected chi connectivity index (χ0v) is 10.6. The van der Waals surface area contributed by atoms with Gasteiger partial charge in [0.25, 0.3) is 0 Å². The van der Waals surface area contributed by atoms with Gasteiger partial charge in [-0.1, -0.05) is 20.4 Å². The van der Waals surface area contributed by atoms with Crippen molar-refractivity contribution < 1.29 is 36.6 Å². The molecule has 0 fully saturated rings. The van der Waals surface area contributed by atoms with Gasteiger partial charge in [0.15, 0.2) is 6.10 Å².